The van der Waals surface area contributed by atoms with Gasteiger partial charge in [0.2, 0.25) is 0 Å². The normalized spacial score (nSPS) is 10.4. The third-order valence-electron chi connectivity index (χ3n) is 3.91. The largest absolute Gasteiger partial charge is 0.451 e. The van der Waals surface area contributed by atoms with Gasteiger partial charge in [-0.25, -0.2) is 4.79 Å². The van der Waals surface area contributed by atoms with Crippen molar-refractivity contribution in [3.8, 4) is 0 Å². The minimum absolute atomic E-state index is 0.121. The Morgan fingerprint density at radius 3 is 2.40 bits per heavy atom. The number of aryl methyl sites for hydroxylation is 1. The van der Waals surface area contributed by atoms with Crippen molar-refractivity contribution >= 4 is 17.7 Å². The van der Waals surface area contributed by atoms with Crippen molar-refractivity contribution in [3.05, 3.63) is 58.4 Å². The molecule has 6 heteroatoms. The molecule has 0 aliphatic rings. The number of hydrogen-bond donors (Lipinski definition) is 2. The number of hydrogen-bond acceptors (Lipinski definition) is 4. The summed E-state index contributed by atoms with van der Waals surface area (Å²) in [7, 11) is 0. The van der Waals surface area contributed by atoms with E-state index in [1.807, 2.05) is 30.3 Å². The van der Waals surface area contributed by atoms with E-state index in [9.17, 15) is 14.4 Å². The molecule has 2 rings (SSSR count). The molecule has 1 aromatic heterocycles. The zero-order valence-corrected chi connectivity index (χ0v) is 14.6. The average Bonchev–Trinajstić information content (AvgIpc) is 2.88. The van der Waals surface area contributed by atoms with Crippen molar-refractivity contribution in [2.75, 3.05) is 13.2 Å². The quantitative estimate of drug-likeness (QED) is 0.597. The van der Waals surface area contributed by atoms with E-state index in [2.05, 4.69) is 10.3 Å². The molecule has 0 aliphatic heterocycles. The lowest BCUT2D eigenvalue weighted by Crippen LogP contribution is -2.30. The van der Waals surface area contributed by atoms with Gasteiger partial charge < -0.3 is 15.0 Å². The number of nitrogens with one attached hydrogen (secondary N) is 2. The Hall–Kier alpha value is -2.89. The van der Waals surface area contributed by atoms with Crippen LogP contribution in [0.1, 0.15) is 44.6 Å². The Morgan fingerprint density at radius 1 is 1.12 bits per heavy atom. The van der Waals surface area contributed by atoms with Gasteiger partial charge in [-0.1, -0.05) is 30.3 Å². The first-order valence-electron chi connectivity index (χ1n) is 8.08. The number of H-pyrrole nitrogens is 1. The van der Waals surface area contributed by atoms with Gasteiger partial charge in [0, 0.05) is 17.8 Å². The summed E-state index contributed by atoms with van der Waals surface area (Å²) >= 11 is 0. The van der Waals surface area contributed by atoms with Gasteiger partial charge in [0.25, 0.3) is 5.91 Å². The number of amides is 1. The number of carbonyl (C=O) groups is 3. The fourth-order valence-corrected chi connectivity index (χ4v) is 2.73. The number of ether oxygens (including phenoxy) is 1. The van der Waals surface area contributed by atoms with Crippen molar-refractivity contribution in [3.63, 3.8) is 0 Å². The van der Waals surface area contributed by atoms with E-state index in [1.165, 1.54) is 6.92 Å². The van der Waals surface area contributed by atoms with Gasteiger partial charge >= 0.3 is 5.97 Å². The first kappa shape index (κ1) is 18.4. The zero-order chi connectivity index (χ0) is 18.4. The molecule has 0 atom stereocenters. The molecule has 2 N–H and O–H groups in total. The Balaban J connectivity index is 1.82. The van der Waals surface area contributed by atoms with Crippen LogP contribution in [0, 0.1) is 13.8 Å². The van der Waals surface area contributed by atoms with Crippen LogP contribution >= 0.6 is 0 Å². The van der Waals surface area contributed by atoms with Crippen molar-refractivity contribution < 1.29 is 19.1 Å². The van der Waals surface area contributed by atoms with Crippen LogP contribution < -0.4 is 5.32 Å². The van der Waals surface area contributed by atoms with Gasteiger partial charge in [-0.3, -0.25) is 9.59 Å². The van der Waals surface area contributed by atoms with Crippen molar-refractivity contribution in [1.82, 2.24) is 10.3 Å². The Kier molecular flexibility index (Phi) is 6.11. The second kappa shape index (κ2) is 8.28. The van der Waals surface area contributed by atoms with E-state index in [4.69, 9.17) is 4.74 Å². The molecule has 1 amide bonds. The van der Waals surface area contributed by atoms with Crippen LogP contribution in [0.2, 0.25) is 0 Å². The highest BCUT2D eigenvalue weighted by Gasteiger charge is 2.21. The maximum absolute atomic E-state index is 12.1. The van der Waals surface area contributed by atoms with E-state index in [1.54, 1.807) is 13.8 Å². The van der Waals surface area contributed by atoms with E-state index < -0.39 is 5.97 Å². The highest BCUT2D eigenvalue weighted by atomic mass is 16.5. The summed E-state index contributed by atoms with van der Waals surface area (Å²) in [5.74, 6) is -1.13. The van der Waals surface area contributed by atoms with E-state index in [-0.39, 0.29) is 24.0 Å². The number of rotatable bonds is 7. The number of Topliss-reactive ketones (excluding diaryl/α,β-unsaturated/α-hetero) is 1. The van der Waals surface area contributed by atoms with Crippen LogP contribution in [0.5, 0.6) is 0 Å². The van der Waals surface area contributed by atoms with Crippen LogP contribution in [0.3, 0.4) is 0 Å². The van der Waals surface area contributed by atoms with Gasteiger partial charge in [-0.15, -0.1) is 0 Å². The standard InChI is InChI=1S/C19H22N2O4/c1-12-17(14(3)22)13(2)21-18(12)19(24)25-11-16(23)20-10-9-15-7-5-4-6-8-15/h4-8,21H,9-11H2,1-3H3,(H,20,23). The number of aromatic nitrogens is 1. The molecule has 2 aromatic rings. The molecule has 0 radical (unpaired) electrons. The van der Waals surface area contributed by atoms with Gasteiger partial charge in [-0.2, -0.15) is 0 Å². The topological polar surface area (TPSA) is 88.3 Å². The predicted molar refractivity (Wildman–Crippen MR) is 93.7 cm³/mol. The number of carbonyl (C=O) groups excluding carboxylic acids is 3. The van der Waals surface area contributed by atoms with E-state index in [0.29, 0.717) is 29.8 Å². The molecule has 0 saturated heterocycles. The lowest BCUT2D eigenvalue weighted by atomic mass is 10.1. The molecule has 1 aromatic carbocycles. The number of aromatic amines is 1. The average molecular weight is 342 g/mol. The van der Waals surface area contributed by atoms with Gasteiger partial charge in [0.05, 0.1) is 0 Å². The molecule has 25 heavy (non-hydrogen) atoms. The molecular formula is C19H22N2O4. The van der Waals surface area contributed by atoms with E-state index in [0.717, 1.165) is 5.56 Å². The minimum Gasteiger partial charge on any atom is -0.451 e. The summed E-state index contributed by atoms with van der Waals surface area (Å²) in [5, 5.41) is 2.71. The van der Waals surface area contributed by atoms with Crippen LogP contribution in [-0.2, 0) is 16.0 Å². The van der Waals surface area contributed by atoms with Crippen molar-refractivity contribution in [2.45, 2.75) is 27.2 Å². The first-order valence-corrected chi connectivity index (χ1v) is 8.08. The lowest BCUT2D eigenvalue weighted by Gasteiger charge is -2.07. The molecule has 0 fully saturated rings. The van der Waals surface area contributed by atoms with Gasteiger partial charge in [0.1, 0.15) is 5.69 Å². The minimum atomic E-state index is -0.647. The fraction of sp³-hybridized carbons (Fsp3) is 0.316. The Morgan fingerprint density at radius 2 is 1.80 bits per heavy atom. The first-order chi connectivity index (χ1) is 11.9. The highest BCUT2D eigenvalue weighted by Crippen LogP contribution is 2.19. The van der Waals surface area contributed by atoms with Crippen LogP contribution in [-0.4, -0.2) is 35.8 Å². The zero-order valence-electron chi connectivity index (χ0n) is 14.6. The predicted octanol–water partition coefficient (Wildman–Crippen LogP) is 2.35. The summed E-state index contributed by atoms with van der Waals surface area (Å²) in [6.07, 6.45) is 0.706. The monoisotopic (exact) mass is 342 g/mol. The van der Waals surface area contributed by atoms with Crippen molar-refractivity contribution in [1.29, 1.82) is 0 Å². The maximum atomic E-state index is 12.1. The molecular weight excluding hydrogens is 320 g/mol. The summed E-state index contributed by atoms with van der Waals surface area (Å²) in [6, 6.07) is 9.78. The summed E-state index contributed by atoms with van der Waals surface area (Å²) in [4.78, 5) is 38.3. The molecule has 1 heterocycles. The second-order valence-corrected chi connectivity index (χ2v) is 5.84. The van der Waals surface area contributed by atoms with Crippen LogP contribution in [0.15, 0.2) is 30.3 Å². The van der Waals surface area contributed by atoms with E-state index >= 15 is 0 Å². The van der Waals surface area contributed by atoms with Crippen molar-refractivity contribution in [2.24, 2.45) is 0 Å². The van der Waals surface area contributed by atoms with Crippen LogP contribution in [0.4, 0.5) is 0 Å². The number of ketones is 1. The SMILES string of the molecule is CC(=O)c1c(C)[nH]c(C(=O)OCC(=O)NCCc2ccccc2)c1C. The van der Waals surface area contributed by atoms with Crippen LogP contribution in [0.25, 0.3) is 0 Å². The smallest absolute Gasteiger partial charge is 0.355 e. The molecule has 6 nitrogen and oxygen atoms in total. The molecule has 0 spiro atoms. The maximum Gasteiger partial charge on any atom is 0.355 e. The summed E-state index contributed by atoms with van der Waals surface area (Å²) < 4.78 is 5.03. The molecule has 0 aliphatic carbocycles. The van der Waals surface area contributed by atoms with Gasteiger partial charge in [0.15, 0.2) is 12.4 Å². The third kappa shape index (κ3) is 4.79. The molecule has 0 saturated carbocycles. The lowest BCUT2D eigenvalue weighted by molar-refractivity contribution is -0.124. The molecule has 132 valence electrons. The number of benzene rings is 1. The molecule has 0 bridgehead atoms. The number of esters is 1. The summed E-state index contributed by atoms with van der Waals surface area (Å²) in [6.45, 7) is 4.95. The van der Waals surface area contributed by atoms with Gasteiger partial charge in [-0.05, 0) is 38.3 Å². The molecule has 0 unspecified atom stereocenters. The third-order valence-corrected chi connectivity index (χ3v) is 3.91. The fourth-order valence-electron chi connectivity index (χ4n) is 2.73. The second-order valence-electron chi connectivity index (χ2n) is 5.84. The highest BCUT2D eigenvalue weighted by molar-refractivity contribution is 6.01. The Bertz CT molecular complexity index is 778. The summed E-state index contributed by atoms with van der Waals surface area (Å²) in [5.41, 5.74) is 2.97. The Labute approximate surface area is 146 Å².